The van der Waals surface area contributed by atoms with Crippen LogP contribution in [0.4, 0.5) is 4.79 Å². The number of methoxy groups -OCH3 is 1. The molecule has 3 N–H and O–H groups in total. The van der Waals surface area contributed by atoms with Gasteiger partial charge in [-0.25, -0.2) is 9.52 Å². The highest BCUT2D eigenvalue weighted by Gasteiger charge is 2.54. The molecule has 2 atom stereocenters. The summed E-state index contributed by atoms with van der Waals surface area (Å²) in [5.74, 6) is 0.721. The molecule has 0 bridgehead atoms. The number of ether oxygens (including phenoxy) is 1. The molecule has 1 amide bonds. The Kier molecular flexibility index (Phi) is 2.57. The molecule has 86 valence electrons. The number of amides is 1. The van der Waals surface area contributed by atoms with E-state index in [0.717, 1.165) is 20.2 Å². The lowest BCUT2D eigenvalue weighted by molar-refractivity contribution is 0.177. The van der Waals surface area contributed by atoms with Gasteiger partial charge in [-0.05, 0) is 24.9 Å². The van der Waals surface area contributed by atoms with Crippen molar-refractivity contribution in [2.45, 2.75) is 6.04 Å². The van der Waals surface area contributed by atoms with Gasteiger partial charge in [-0.15, -0.1) is 0 Å². The first-order valence-corrected chi connectivity index (χ1v) is 6.10. The van der Waals surface area contributed by atoms with E-state index in [2.05, 4.69) is 14.8 Å². The summed E-state index contributed by atoms with van der Waals surface area (Å²) in [4.78, 5) is 10.7. The Morgan fingerprint density at radius 2 is 2.00 bits per heavy atom. The summed E-state index contributed by atoms with van der Waals surface area (Å²) in [6.07, 6.45) is -0.980. The maximum absolute atomic E-state index is 11.3. The Balaban J connectivity index is 1.86. The quantitative estimate of drug-likeness (QED) is 0.547. The van der Waals surface area contributed by atoms with Crippen LogP contribution in [-0.4, -0.2) is 40.8 Å². The van der Waals surface area contributed by atoms with Gasteiger partial charge in [-0.2, -0.15) is 13.1 Å². The minimum Gasteiger partial charge on any atom is -0.452 e. The molecule has 2 unspecified atom stereocenters. The number of nitrogens with one attached hydrogen (secondary N) is 3. The molecule has 2 aliphatic rings. The Hall–Kier alpha value is -0.860. The first-order chi connectivity index (χ1) is 7.03. The van der Waals surface area contributed by atoms with Gasteiger partial charge in [0.25, 0.3) is 0 Å². The highest BCUT2D eigenvalue weighted by molar-refractivity contribution is 7.88. The van der Waals surface area contributed by atoms with Crippen LogP contribution in [0, 0.1) is 11.8 Å². The molecule has 1 saturated carbocycles. The lowest BCUT2D eigenvalue weighted by Gasteiger charge is -2.08. The van der Waals surface area contributed by atoms with Crippen LogP contribution in [0.5, 0.6) is 0 Å². The fourth-order valence-electron chi connectivity index (χ4n) is 1.95. The van der Waals surface area contributed by atoms with E-state index in [4.69, 9.17) is 0 Å². The first kappa shape index (κ1) is 10.7. The second-order valence-corrected chi connectivity index (χ2v) is 5.17. The fraction of sp³-hybridized carbons (Fsp3) is 0.857. The zero-order chi connectivity index (χ0) is 11.1. The third-order valence-electron chi connectivity index (χ3n) is 2.79. The van der Waals surface area contributed by atoms with Crippen molar-refractivity contribution in [2.24, 2.45) is 11.8 Å². The molecule has 8 heteroatoms. The van der Waals surface area contributed by atoms with Crippen molar-refractivity contribution in [3.05, 3.63) is 0 Å². The number of fused-ring (bicyclic) bond motifs is 1. The lowest BCUT2D eigenvalue weighted by atomic mass is 10.4. The van der Waals surface area contributed by atoms with Crippen molar-refractivity contribution in [1.29, 1.82) is 0 Å². The van der Waals surface area contributed by atoms with Crippen molar-refractivity contribution in [3.8, 4) is 0 Å². The number of carbonyl (C=O) groups is 1. The van der Waals surface area contributed by atoms with E-state index in [1.54, 1.807) is 4.72 Å². The molecule has 7 nitrogen and oxygen atoms in total. The van der Waals surface area contributed by atoms with E-state index >= 15 is 0 Å². The summed E-state index contributed by atoms with van der Waals surface area (Å²) in [5.41, 5.74) is 0. The van der Waals surface area contributed by atoms with Crippen LogP contribution < -0.4 is 14.8 Å². The topological polar surface area (TPSA) is 96.5 Å². The van der Waals surface area contributed by atoms with Crippen molar-refractivity contribution < 1.29 is 17.9 Å². The van der Waals surface area contributed by atoms with Crippen molar-refractivity contribution in [2.75, 3.05) is 20.2 Å². The van der Waals surface area contributed by atoms with Crippen LogP contribution in [0.1, 0.15) is 0 Å². The Bertz CT molecular complexity index is 358. The number of rotatable bonds is 3. The number of hydrogen-bond acceptors (Lipinski definition) is 5. The Morgan fingerprint density at radius 3 is 2.53 bits per heavy atom. The molecular weight excluding hydrogens is 222 g/mol. The predicted octanol–water partition coefficient (Wildman–Crippen LogP) is -1.61. The molecular formula is C7H13N3O4S. The van der Waals surface area contributed by atoms with Crippen LogP contribution in [0.2, 0.25) is 0 Å². The number of carbonyl (C=O) groups excluding carboxylic acids is 1. The van der Waals surface area contributed by atoms with Crippen molar-refractivity contribution >= 4 is 16.3 Å². The standard InChI is InChI=1S/C7H13N3O4S/c1-14-7(11)10-15(12,13)9-6-4-2-8-3-5(4)6/h4-6,8-9H,2-3H2,1H3,(H,10,11). The van der Waals surface area contributed by atoms with Crippen LogP contribution in [0.3, 0.4) is 0 Å². The maximum atomic E-state index is 11.3. The first-order valence-electron chi connectivity index (χ1n) is 4.62. The number of piperidine rings is 1. The Labute approximate surface area is 87.7 Å². The summed E-state index contributed by atoms with van der Waals surface area (Å²) in [6.45, 7) is 1.66. The van der Waals surface area contributed by atoms with E-state index < -0.39 is 16.3 Å². The summed E-state index contributed by atoms with van der Waals surface area (Å²) in [7, 11) is -2.66. The van der Waals surface area contributed by atoms with Gasteiger partial charge in [0.05, 0.1) is 7.11 Å². The average Bonchev–Trinajstić information content (AvgIpc) is 2.64. The smallest absolute Gasteiger partial charge is 0.421 e. The monoisotopic (exact) mass is 235 g/mol. The van der Waals surface area contributed by atoms with Gasteiger partial charge in [-0.3, -0.25) is 0 Å². The molecule has 0 aromatic heterocycles. The van der Waals surface area contributed by atoms with E-state index in [-0.39, 0.29) is 6.04 Å². The van der Waals surface area contributed by atoms with Gasteiger partial charge >= 0.3 is 16.3 Å². The molecule has 1 heterocycles. The highest BCUT2D eigenvalue weighted by atomic mass is 32.2. The molecule has 1 aliphatic carbocycles. The van der Waals surface area contributed by atoms with Gasteiger partial charge in [-0.1, -0.05) is 0 Å². The summed E-state index contributed by atoms with van der Waals surface area (Å²) < 4.78 is 31.0. The zero-order valence-electron chi connectivity index (χ0n) is 8.19. The van der Waals surface area contributed by atoms with Gasteiger partial charge < -0.3 is 10.1 Å². The molecule has 1 aliphatic heterocycles. The molecule has 0 radical (unpaired) electrons. The SMILES string of the molecule is COC(=O)NS(=O)(=O)NC1C2CNCC21. The summed E-state index contributed by atoms with van der Waals surface area (Å²) >= 11 is 0. The molecule has 1 saturated heterocycles. The van der Waals surface area contributed by atoms with Gasteiger partial charge in [0, 0.05) is 6.04 Å². The second-order valence-electron chi connectivity index (χ2n) is 3.73. The number of hydrogen-bond donors (Lipinski definition) is 3. The van der Waals surface area contributed by atoms with Gasteiger partial charge in [0.2, 0.25) is 0 Å². The molecule has 2 fully saturated rings. The van der Waals surface area contributed by atoms with E-state index in [1.165, 1.54) is 0 Å². The van der Waals surface area contributed by atoms with Crippen molar-refractivity contribution in [1.82, 2.24) is 14.8 Å². The highest BCUT2D eigenvalue weighted by Crippen LogP contribution is 2.41. The van der Waals surface area contributed by atoms with Crippen LogP contribution in [0.25, 0.3) is 0 Å². The summed E-state index contributed by atoms with van der Waals surface area (Å²) in [5, 5.41) is 3.14. The van der Waals surface area contributed by atoms with Gasteiger partial charge in [0.15, 0.2) is 0 Å². The van der Waals surface area contributed by atoms with E-state index in [0.29, 0.717) is 11.8 Å². The van der Waals surface area contributed by atoms with Crippen LogP contribution >= 0.6 is 0 Å². The predicted molar refractivity (Wildman–Crippen MR) is 51.2 cm³/mol. The third-order valence-corrected chi connectivity index (χ3v) is 3.80. The minimum absolute atomic E-state index is 0.0478. The fourth-order valence-corrected chi connectivity index (χ4v) is 3.02. The largest absolute Gasteiger partial charge is 0.452 e. The molecule has 2 rings (SSSR count). The van der Waals surface area contributed by atoms with Crippen LogP contribution in [-0.2, 0) is 14.9 Å². The zero-order valence-corrected chi connectivity index (χ0v) is 9.00. The molecule has 0 spiro atoms. The lowest BCUT2D eigenvalue weighted by Crippen LogP contribution is -2.43. The average molecular weight is 235 g/mol. The Morgan fingerprint density at radius 1 is 1.40 bits per heavy atom. The molecule has 15 heavy (non-hydrogen) atoms. The third kappa shape index (κ3) is 2.21. The normalized spacial score (nSPS) is 33.3. The summed E-state index contributed by atoms with van der Waals surface area (Å²) in [6, 6.07) is -0.0478. The van der Waals surface area contributed by atoms with Crippen molar-refractivity contribution in [3.63, 3.8) is 0 Å². The molecule has 0 aromatic carbocycles. The maximum Gasteiger partial charge on any atom is 0.421 e. The van der Waals surface area contributed by atoms with Gasteiger partial charge in [0.1, 0.15) is 0 Å². The van der Waals surface area contributed by atoms with E-state index in [1.807, 2.05) is 0 Å². The minimum atomic E-state index is -3.77. The van der Waals surface area contributed by atoms with E-state index in [9.17, 15) is 13.2 Å². The molecule has 0 aromatic rings. The second kappa shape index (κ2) is 3.62. The van der Waals surface area contributed by atoms with Crippen LogP contribution in [0.15, 0.2) is 0 Å².